The minimum atomic E-state index is -0.822. The van der Waals surface area contributed by atoms with Gasteiger partial charge < -0.3 is 16.4 Å². The molecule has 0 bridgehead atoms. The largest absolute Gasteiger partial charge is 0.370 e. The number of amides is 2. The molecule has 0 saturated carbocycles. The van der Waals surface area contributed by atoms with Gasteiger partial charge in [-0.05, 0) is 19.4 Å². The fraction of sp³-hybridized carbons (Fsp3) is 0.667. The van der Waals surface area contributed by atoms with Crippen molar-refractivity contribution in [2.24, 2.45) is 5.73 Å². The van der Waals surface area contributed by atoms with Crippen LogP contribution in [0.1, 0.15) is 19.3 Å². The third-order valence-corrected chi connectivity index (χ3v) is 2.25. The van der Waals surface area contributed by atoms with Crippen LogP contribution in [0, 0.1) is 11.3 Å². The molecule has 0 spiro atoms. The molecule has 6 nitrogen and oxygen atoms in total. The predicted octanol–water partition coefficient (Wildman–Crippen LogP) is -1.38. The van der Waals surface area contributed by atoms with Crippen LogP contribution in [0.5, 0.6) is 0 Å². The molecule has 0 aliphatic carbocycles. The third kappa shape index (κ3) is 3.56. The highest BCUT2D eigenvalue weighted by atomic mass is 16.2. The second-order valence-corrected chi connectivity index (χ2v) is 3.51. The van der Waals surface area contributed by atoms with E-state index in [4.69, 9.17) is 11.0 Å². The van der Waals surface area contributed by atoms with Crippen LogP contribution >= 0.6 is 0 Å². The molecule has 1 saturated heterocycles. The van der Waals surface area contributed by atoms with Crippen LogP contribution in [0.4, 0.5) is 0 Å². The minimum Gasteiger partial charge on any atom is -0.370 e. The fourth-order valence-electron chi connectivity index (χ4n) is 1.51. The van der Waals surface area contributed by atoms with Gasteiger partial charge in [0.15, 0.2) is 0 Å². The lowest BCUT2D eigenvalue weighted by Crippen LogP contribution is -2.45. The van der Waals surface area contributed by atoms with Gasteiger partial charge in [-0.1, -0.05) is 0 Å². The standard InChI is InChI=1S/C9H14N4O2/c10-5-6(4-8(11)14)13-9(15)7-2-1-3-12-7/h6-7,12H,1-4H2,(H2,11,14)(H,13,15)/t6?,7-/m0/s1. The van der Waals surface area contributed by atoms with Gasteiger partial charge in [-0.2, -0.15) is 5.26 Å². The Balaban J connectivity index is 2.41. The number of primary amides is 1. The average Bonchev–Trinajstić information content (AvgIpc) is 2.68. The van der Waals surface area contributed by atoms with Crippen LogP contribution in [0.2, 0.25) is 0 Å². The van der Waals surface area contributed by atoms with E-state index in [2.05, 4.69) is 10.6 Å². The first-order chi connectivity index (χ1) is 7.13. The molecule has 82 valence electrons. The maximum Gasteiger partial charge on any atom is 0.238 e. The molecule has 0 aromatic carbocycles. The van der Waals surface area contributed by atoms with Gasteiger partial charge in [0.05, 0.1) is 18.5 Å². The first kappa shape index (κ1) is 11.5. The summed E-state index contributed by atoms with van der Waals surface area (Å²) in [6.07, 6.45) is 1.57. The van der Waals surface area contributed by atoms with E-state index in [1.165, 1.54) is 0 Å². The highest BCUT2D eigenvalue weighted by Crippen LogP contribution is 2.05. The number of nitrogens with zero attached hydrogens (tertiary/aromatic N) is 1. The molecule has 6 heteroatoms. The molecule has 1 unspecified atom stereocenters. The summed E-state index contributed by atoms with van der Waals surface area (Å²) in [7, 11) is 0. The van der Waals surface area contributed by atoms with Crippen molar-refractivity contribution in [2.45, 2.75) is 31.3 Å². The van der Waals surface area contributed by atoms with Crippen LogP contribution in [-0.2, 0) is 9.59 Å². The first-order valence-electron chi connectivity index (χ1n) is 4.85. The van der Waals surface area contributed by atoms with Crippen LogP contribution in [0.25, 0.3) is 0 Å². The van der Waals surface area contributed by atoms with Crippen LogP contribution in [-0.4, -0.2) is 30.4 Å². The molecule has 0 radical (unpaired) electrons. The smallest absolute Gasteiger partial charge is 0.238 e. The van der Waals surface area contributed by atoms with E-state index >= 15 is 0 Å². The Hall–Kier alpha value is -1.61. The fourth-order valence-corrected chi connectivity index (χ4v) is 1.51. The Morgan fingerprint density at radius 1 is 1.67 bits per heavy atom. The molecular weight excluding hydrogens is 196 g/mol. The normalized spacial score (nSPS) is 21.7. The van der Waals surface area contributed by atoms with Crippen molar-refractivity contribution in [3.8, 4) is 6.07 Å². The molecule has 15 heavy (non-hydrogen) atoms. The lowest BCUT2D eigenvalue weighted by molar-refractivity contribution is -0.123. The quantitative estimate of drug-likeness (QED) is 0.531. The summed E-state index contributed by atoms with van der Waals surface area (Å²) in [5, 5.41) is 14.2. The van der Waals surface area contributed by atoms with E-state index in [1.54, 1.807) is 0 Å². The van der Waals surface area contributed by atoms with Crippen molar-refractivity contribution in [2.75, 3.05) is 6.54 Å². The van der Waals surface area contributed by atoms with Crippen LogP contribution in [0.15, 0.2) is 0 Å². The molecule has 4 N–H and O–H groups in total. The molecule has 0 aromatic heterocycles. The minimum absolute atomic E-state index is 0.144. The SMILES string of the molecule is N#CC(CC(N)=O)NC(=O)[C@@H]1CCCN1. The highest BCUT2D eigenvalue weighted by molar-refractivity contribution is 5.83. The summed E-state index contributed by atoms with van der Waals surface area (Å²) in [4.78, 5) is 22.1. The van der Waals surface area contributed by atoms with Gasteiger partial charge >= 0.3 is 0 Å². The predicted molar refractivity (Wildman–Crippen MR) is 52.4 cm³/mol. The summed E-state index contributed by atoms with van der Waals surface area (Å²) in [6, 6.07) is 0.763. The number of carbonyl (C=O) groups excluding carboxylic acids is 2. The van der Waals surface area contributed by atoms with Crippen molar-refractivity contribution in [3.05, 3.63) is 0 Å². The summed E-state index contributed by atoms with van der Waals surface area (Å²) in [5.41, 5.74) is 4.94. The molecule has 2 amide bonds. The summed E-state index contributed by atoms with van der Waals surface area (Å²) in [6.45, 7) is 0.811. The monoisotopic (exact) mass is 210 g/mol. The Bertz CT molecular complexity index is 291. The topological polar surface area (TPSA) is 108 Å². The molecule has 1 fully saturated rings. The highest BCUT2D eigenvalue weighted by Gasteiger charge is 2.24. The zero-order valence-electron chi connectivity index (χ0n) is 8.32. The van der Waals surface area contributed by atoms with Crippen molar-refractivity contribution in [1.29, 1.82) is 5.26 Å². The van der Waals surface area contributed by atoms with Gasteiger partial charge in [-0.15, -0.1) is 0 Å². The van der Waals surface area contributed by atoms with Crippen LogP contribution in [0.3, 0.4) is 0 Å². The van der Waals surface area contributed by atoms with Gasteiger partial charge in [0.1, 0.15) is 6.04 Å². The third-order valence-electron chi connectivity index (χ3n) is 2.25. The second-order valence-electron chi connectivity index (χ2n) is 3.51. The molecule has 1 aliphatic rings. The number of rotatable bonds is 4. The summed E-state index contributed by atoms with van der Waals surface area (Å²) < 4.78 is 0. The lowest BCUT2D eigenvalue weighted by atomic mass is 10.1. The Labute approximate surface area is 87.8 Å². The second kappa shape index (κ2) is 5.32. The maximum absolute atomic E-state index is 11.5. The van der Waals surface area contributed by atoms with Crippen molar-refractivity contribution in [1.82, 2.24) is 10.6 Å². The zero-order chi connectivity index (χ0) is 11.3. The van der Waals surface area contributed by atoms with Crippen LogP contribution < -0.4 is 16.4 Å². The average molecular weight is 210 g/mol. The van der Waals surface area contributed by atoms with Gasteiger partial charge in [-0.3, -0.25) is 9.59 Å². The van der Waals surface area contributed by atoms with E-state index in [0.29, 0.717) is 0 Å². The van der Waals surface area contributed by atoms with Gasteiger partial charge in [0.25, 0.3) is 0 Å². The zero-order valence-corrected chi connectivity index (χ0v) is 8.32. The van der Waals surface area contributed by atoms with Crippen molar-refractivity contribution < 1.29 is 9.59 Å². The van der Waals surface area contributed by atoms with Crippen molar-refractivity contribution in [3.63, 3.8) is 0 Å². The Morgan fingerprint density at radius 3 is 2.87 bits per heavy atom. The van der Waals surface area contributed by atoms with E-state index < -0.39 is 11.9 Å². The number of nitrogens with two attached hydrogens (primary N) is 1. The number of nitrogens with one attached hydrogen (secondary N) is 2. The Kier molecular flexibility index (Phi) is 4.06. The van der Waals surface area contributed by atoms with Crippen molar-refractivity contribution >= 4 is 11.8 Å². The molecule has 1 aliphatic heterocycles. The van der Waals surface area contributed by atoms with Gasteiger partial charge in [-0.25, -0.2) is 0 Å². The van der Waals surface area contributed by atoms with E-state index in [0.717, 1.165) is 19.4 Å². The van der Waals surface area contributed by atoms with E-state index in [1.807, 2.05) is 6.07 Å². The number of hydrogen-bond donors (Lipinski definition) is 3. The lowest BCUT2D eigenvalue weighted by Gasteiger charge is -2.13. The number of hydrogen-bond acceptors (Lipinski definition) is 4. The molecule has 1 heterocycles. The molecule has 1 rings (SSSR count). The number of carbonyl (C=O) groups is 2. The van der Waals surface area contributed by atoms with Gasteiger partial charge in [0, 0.05) is 0 Å². The Morgan fingerprint density at radius 2 is 2.40 bits per heavy atom. The van der Waals surface area contributed by atoms with Gasteiger partial charge in [0.2, 0.25) is 11.8 Å². The molecule has 0 aromatic rings. The molecule has 2 atom stereocenters. The van der Waals surface area contributed by atoms with E-state index in [-0.39, 0.29) is 18.4 Å². The van der Waals surface area contributed by atoms with E-state index in [9.17, 15) is 9.59 Å². The molecular formula is C9H14N4O2. The summed E-state index contributed by atoms with van der Waals surface area (Å²) in [5.74, 6) is -0.832. The maximum atomic E-state index is 11.5. The first-order valence-corrected chi connectivity index (χ1v) is 4.85. The summed E-state index contributed by atoms with van der Waals surface area (Å²) >= 11 is 0. The number of nitriles is 1.